The van der Waals surface area contributed by atoms with Gasteiger partial charge in [0, 0.05) is 16.1 Å². The summed E-state index contributed by atoms with van der Waals surface area (Å²) < 4.78 is 5.90. The molecule has 0 aliphatic rings. The number of aromatic nitrogens is 2. The Kier molecular flexibility index (Phi) is 4.57. The van der Waals surface area contributed by atoms with Crippen LogP contribution < -0.4 is 5.32 Å². The topological polar surface area (TPSA) is 94.1 Å². The highest BCUT2D eigenvalue weighted by Gasteiger charge is 2.20. The highest BCUT2D eigenvalue weighted by Crippen LogP contribution is 2.30. The first-order valence-corrected chi connectivity index (χ1v) is 7.93. The largest absolute Gasteiger partial charge is 0.370 e. The third-order valence-electron chi connectivity index (χ3n) is 3.38. The first-order valence-electron chi connectivity index (χ1n) is 7.14. The van der Waals surface area contributed by atoms with Gasteiger partial charge in [0.15, 0.2) is 5.82 Å². The van der Waals surface area contributed by atoms with Gasteiger partial charge in [-0.25, -0.2) is 0 Å². The average Bonchev–Trinajstić information content (AvgIpc) is 3.07. The van der Waals surface area contributed by atoms with Crippen molar-refractivity contribution in [1.29, 1.82) is 0 Å². The Bertz CT molecular complexity index is 867. The Balaban J connectivity index is 1.82. The summed E-state index contributed by atoms with van der Waals surface area (Å²) in [5.41, 5.74) is 1.18. The molecule has 122 valence electrons. The van der Waals surface area contributed by atoms with Gasteiger partial charge in [0.05, 0.1) is 11.0 Å². The molecule has 1 aromatic heterocycles. The number of anilines is 1. The lowest BCUT2D eigenvalue weighted by molar-refractivity contribution is -0.384. The summed E-state index contributed by atoms with van der Waals surface area (Å²) in [6.07, 6.45) is 0. The van der Waals surface area contributed by atoms with Crippen LogP contribution in [0.5, 0.6) is 0 Å². The molecule has 24 heavy (non-hydrogen) atoms. The van der Waals surface area contributed by atoms with E-state index in [4.69, 9.17) is 4.52 Å². The number of nitrogens with one attached hydrogen (secondary N) is 1. The van der Waals surface area contributed by atoms with E-state index in [1.807, 2.05) is 37.3 Å². The molecule has 1 atom stereocenters. The van der Waals surface area contributed by atoms with Crippen LogP contribution in [-0.2, 0) is 0 Å². The van der Waals surface area contributed by atoms with Gasteiger partial charge < -0.3 is 9.84 Å². The van der Waals surface area contributed by atoms with Crippen molar-refractivity contribution < 1.29 is 9.45 Å². The van der Waals surface area contributed by atoms with Gasteiger partial charge in [-0.1, -0.05) is 39.3 Å². The first-order chi connectivity index (χ1) is 11.5. The fourth-order valence-corrected chi connectivity index (χ4v) is 2.53. The minimum Gasteiger partial charge on any atom is -0.370 e. The van der Waals surface area contributed by atoms with Crippen LogP contribution in [-0.4, -0.2) is 15.1 Å². The van der Waals surface area contributed by atoms with Gasteiger partial charge in [-0.05, 0) is 31.2 Å². The molecule has 0 amide bonds. The monoisotopic (exact) mass is 388 g/mol. The van der Waals surface area contributed by atoms with Crippen LogP contribution in [0.2, 0.25) is 0 Å². The maximum atomic E-state index is 11.2. The molecule has 1 heterocycles. The predicted molar refractivity (Wildman–Crippen MR) is 92.6 cm³/mol. The van der Waals surface area contributed by atoms with Crippen LogP contribution in [0.25, 0.3) is 11.5 Å². The lowest BCUT2D eigenvalue weighted by Crippen LogP contribution is -2.10. The molecular formula is C16H13BrN4O3. The molecule has 3 aromatic rings. The Morgan fingerprint density at radius 2 is 2.00 bits per heavy atom. The summed E-state index contributed by atoms with van der Waals surface area (Å²) >= 11 is 3.23. The summed E-state index contributed by atoms with van der Waals surface area (Å²) in [5.74, 6) is 0.829. The van der Waals surface area contributed by atoms with Crippen molar-refractivity contribution in [2.45, 2.75) is 13.0 Å². The van der Waals surface area contributed by atoms with Crippen LogP contribution in [0.15, 0.2) is 57.5 Å². The number of nitro benzene ring substituents is 1. The van der Waals surface area contributed by atoms with E-state index in [1.54, 1.807) is 12.1 Å². The molecule has 1 N–H and O–H groups in total. The molecule has 0 bridgehead atoms. The number of halogens is 1. The first kappa shape index (κ1) is 16.1. The predicted octanol–water partition coefficient (Wildman–Crippen LogP) is 4.58. The second kappa shape index (κ2) is 6.79. The maximum absolute atomic E-state index is 11.2. The van der Waals surface area contributed by atoms with E-state index in [0.29, 0.717) is 21.9 Å². The number of nitrogens with zero attached hydrogens (tertiary/aromatic N) is 3. The Morgan fingerprint density at radius 3 is 2.71 bits per heavy atom. The van der Waals surface area contributed by atoms with Crippen molar-refractivity contribution >= 4 is 27.3 Å². The number of hydrogen-bond donors (Lipinski definition) is 1. The minimum absolute atomic E-state index is 0.0250. The third kappa shape index (κ3) is 3.43. The normalized spacial score (nSPS) is 11.9. The minimum atomic E-state index is -0.439. The zero-order chi connectivity index (χ0) is 17.1. The van der Waals surface area contributed by atoms with Crippen molar-refractivity contribution in [2.75, 3.05) is 5.32 Å². The molecule has 8 heteroatoms. The van der Waals surface area contributed by atoms with E-state index < -0.39 is 4.92 Å². The standard InChI is InChI=1S/C16H13BrN4O3/c1-10(18-13-8-7-12(17)9-14(13)21(22)23)15-19-16(24-20-15)11-5-3-2-4-6-11/h2-10,18H,1H3. The lowest BCUT2D eigenvalue weighted by atomic mass is 10.2. The van der Waals surface area contributed by atoms with Crippen LogP contribution >= 0.6 is 15.9 Å². The number of hydrogen-bond acceptors (Lipinski definition) is 6. The summed E-state index contributed by atoms with van der Waals surface area (Å²) in [6, 6.07) is 13.9. The number of rotatable bonds is 5. The van der Waals surface area contributed by atoms with Gasteiger partial charge in [-0.3, -0.25) is 10.1 Å². The van der Waals surface area contributed by atoms with Gasteiger partial charge in [0.25, 0.3) is 11.6 Å². The molecule has 0 spiro atoms. The van der Waals surface area contributed by atoms with Crippen LogP contribution in [0.3, 0.4) is 0 Å². The zero-order valence-electron chi connectivity index (χ0n) is 12.6. The van der Waals surface area contributed by atoms with E-state index in [-0.39, 0.29) is 11.7 Å². The molecule has 0 fully saturated rings. The molecule has 1 unspecified atom stereocenters. The third-order valence-corrected chi connectivity index (χ3v) is 3.87. The number of nitro groups is 1. The van der Waals surface area contributed by atoms with Crippen LogP contribution in [0.4, 0.5) is 11.4 Å². The van der Waals surface area contributed by atoms with Crippen molar-refractivity contribution in [3.8, 4) is 11.5 Å². The Morgan fingerprint density at radius 1 is 1.25 bits per heavy atom. The zero-order valence-corrected chi connectivity index (χ0v) is 14.2. The molecular weight excluding hydrogens is 376 g/mol. The maximum Gasteiger partial charge on any atom is 0.293 e. The smallest absolute Gasteiger partial charge is 0.293 e. The Labute approximate surface area is 146 Å². The van der Waals surface area contributed by atoms with Crippen molar-refractivity contribution in [3.63, 3.8) is 0 Å². The summed E-state index contributed by atoms with van der Waals surface area (Å²) in [7, 11) is 0. The molecule has 0 aliphatic carbocycles. The second-order valence-corrected chi connectivity index (χ2v) is 6.02. The fraction of sp³-hybridized carbons (Fsp3) is 0.125. The van der Waals surface area contributed by atoms with Gasteiger partial charge >= 0.3 is 0 Å². The van der Waals surface area contributed by atoms with Gasteiger partial charge in [0.1, 0.15) is 5.69 Å². The average molecular weight is 389 g/mol. The van der Waals surface area contributed by atoms with Gasteiger partial charge in [-0.2, -0.15) is 4.98 Å². The number of benzene rings is 2. The van der Waals surface area contributed by atoms with E-state index >= 15 is 0 Å². The van der Waals surface area contributed by atoms with Crippen LogP contribution in [0.1, 0.15) is 18.8 Å². The quantitative estimate of drug-likeness (QED) is 0.507. The molecule has 2 aromatic carbocycles. The summed E-state index contributed by atoms with van der Waals surface area (Å²) in [5, 5.41) is 18.2. The summed E-state index contributed by atoms with van der Waals surface area (Å²) in [6.45, 7) is 1.81. The van der Waals surface area contributed by atoms with Gasteiger partial charge in [-0.15, -0.1) is 0 Å². The second-order valence-electron chi connectivity index (χ2n) is 5.11. The highest BCUT2D eigenvalue weighted by atomic mass is 79.9. The van der Waals surface area contributed by atoms with Crippen molar-refractivity contribution in [1.82, 2.24) is 10.1 Å². The fourth-order valence-electron chi connectivity index (χ4n) is 2.18. The van der Waals surface area contributed by atoms with E-state index in [0.717, 1.165) is 5.56 Å². The molecule has 3 rings (SSSR count). The van der Waals surface area contributed by atoms with Crippen LogP contribution in [0, 0.1) is 10.1 Å². The van der Waals surface area contributed by atoms with Crippen molar-refractivity contribution in [3.05, 3.63) is 68.9 Å². The van der Waals surface area contributed by atoms with E-state index in [9.17, 15) is 10.1 Å². The van der Waals surface area contributed by atoms with E-state index in [1.165, 1.54) is 6.07 Å². The van der Waals surface area contributed by atoms with E-state index in [2.05, 4.69) is 31.4 Å². The molecule has 0 radical (unpaired) electrons. The SMILES string of the molecule is CC(Nc1ccc(Br)cc1[N+](=O)[O-])c1noc(-c2ccccc2)n1. The molecule has 0 saturated heterocycles. The molecule has 7 nitrogen and oxygen atoms in total. The van der Waals surface area contributed by atoms with Crippen molar-refractivity contribution in [2.24, 2.45) is 0 Å². The Hall–Kier alpha value is -2.74. The molecule has 0 saturated carbocycles. The van der Waals surface area contributed by atoms with Gasteiger partial charge in [0.2, 0.25) is 0 Å². The highest BCUT2D eigenvalue weighted by molar-refractivity contribution is 9.10. The lowest BCUT2D eigenvalue weighted by Gasteiger charge is -2.11. The molecule has 0 aliphatic heterocycles. The summed E-state index contributed by atoms with van der Waals surface area (Å²) in [4.78, 5) is 15.1.